The Balaban J connectivity index is 1.67. The summed E-state index contributed by atoms with van der Waals surface area (Å²) in [4.78, 5) is 33.4. The number of H-pyrrole nitrogens is 1. The fraction of sp³-hybridized carbons (Fsp3) is 0.227. The molecule has 30 heavy (non-hydrogen) atoms. The normalized spacial score (nSPS) is 11.3. The zero-order chi connectivity index (χ0) is 21.3. The van der Waals surface area contributed by atoms with Gasteiger partial charge in [-0.25, -0.2) is 9.37 Å². The minimum atomic E-state index is -0.335. The van der Waals surface area contributed by atoms with E-state index >= 15 is 0 Å². The number of nitrogens with one attached hydrogen (secondary N) is 1. The number of ether oxygens (including phenoxy) is 1. The van der Waals surface area contributed by atoms with E-state index in [0.717, 1.165) is 5.56 Å². The first-order chi connectivity index (χ1) is 14.4. The third-order valence-corrected chi connectivity index (χ3v) is 5.45. The van der Waals surface area contributed by atoms with Crippen molar-refractivity contribution in [2.24, 2.45) is 5.92 Å². The van der Waals surface area contributed by atoms with E-state index in [1.165, 1.54) is 46.6 Å². The largest absolute Gasteiger partial charge is 0.488 e. The molecule has 0 amide bonds. The van der Waals surface area contributed by atoms with Crippen LogP contribution in [0.3, 0.4) is 0 Å². The van der Waals surface area contributed by atoms with E-state index in [4.69, 9.17) is 4.74 Å². The van der Waals surface area contributed by atoms with E-state index in [1.807, 2.05) is 19.2 Å². The number of hydrogen-bond donors (Lipinski definition) is 1. The number of hydrogen-bond acceptors (Lipinski definition) is 5. The molecule has 4 rings (SSSR count). The van der Waals surface area contributed by atoms with E-state index in [2.05, 4.69) is 9.97 Å². The van der Waals surface area contributed by atoms with Gasteiger partial charge < -0.3 is 9.72 Å². The standard InChI is InChI=1S/C22H20FN3O3S/c1-13(2)10-29-19-8-24-16(7-18(19)27)9-26-12-25-21-20(22(26)28)17(11-30-21)14-3-5-15(23)6-4-14/h3-8,11-13H,9-10H2,1-2H3,(H,24,27). The molecule has 0 radical (unpaired) electrons. The topological polar surface area (TPSA) is 77.0 Å². The van der Waals surface area contributed by atoms with Crippen molar-refractivity contribution in [1.82, 2.24) is 14.5 Å². The van der Waals surface area contributed by atoms with E-state index in [1.54, 1.807) is 12.1 Å². The van der Waals surface area contributed by atoms with Gasteiger partial charge in [-0.1, -0.05) is 26.0 Å². The molecule has 0 saturated heterocycles. The van der Waals surface area contributed by atoms with Gasteiger partial charge in [-0.2, -0.15) is 0 Å². The molecule has 8 heteroatoms. The fourth-order valence-electron chi connectivity index (χ4n) is 3.07. The van der Waals surface area contributed by atoms with Crippen LogP contribution < -0.4 is 15.7 Å². The van der Waals surface area contributed by atoms with Crippen molar-refractivity contribution in [3.63, 3.8) is 0 Å². The second-order valence-electron chi connectivity index (χ2n) is 7.41. The summed E-state index contributed by atoms with van der Waals surface area (Å²) in [6.45, 7) is 4.62. The van der Waals surface area contributed by atoms with Crippen LogP contribution in [0.25, 0.3) is 21.3 Å². The molecule has 0 atom stereocenters. The van der Waals surface area contributed by atoms with E-state index in [-0.39, 0.29) is 29.1 Å². The van der Waals surface area contributed by atoms with Gasteiger partial charge in [-0.05, 0) is 23.6 Å². The summed E-state index contributed by atoms with van der Waals surface area (Å²) in [7, 11) is 0. The minimum absolute atomic E-state index is 0.167. The summed E-state index contributed by atoms with van der Waals surface area (Å²) in [5, 5.41) is 2.33. The van der Waals surface area contributed by atoms with Crippen molar-refractivity contribution in [2.75, 3.05) is 6.61 Å². The minimum Gasteiger partial charge on any atom is -0.488 e. The first-order valence-electron chi connectivity index (χ1n) is 9.49. The zero-order valence-corrected chi connectivity index (χ0v) is 17.3. The average Bonchev–Trinajstić information content (AvgIpc) is 3.15. The Morgan fingerprint density at radius 2 is 2.00 bits per heavy atom. The number of benzene rings is 1. The highest BCUT2D eigenvalue weighted by atomic mass is 32.1. The van der Waals surface area contributed by atoms with Crippen molar-refractivity contribution >= 4 is 21.6 Å². The summed E-state index contributed by atoms with van der Waals surface area (Å²) in [6.07, 6.45) is 2.99. The Morgan fingerprint density at radius 1 is 1.23 bits per heavy atom. The molecule has 0 spiro atoms. The predicted octanol–water partition coefficient (Wildman–Crippen LogP) is 4.04. The van der Waals surface area contributed by atoms with Crippen molar-refractivity contribution in [1.29, 1.82) is 0 Å². The highest BCUT2D eigenvalue weighted by Gasteiger charge is 2.14. The average molecular weight is 425 g/mol. The molecule has 1 aromatic carbocycles. The van der Waals surface area contributed by atoms with E-state index in [0.29, 0.717) is 34.0 Å². The summed E-state index contributed by atoms with van der Waals surface area (Å²) in [5.41, 5.74) is 1.57. The van der Waals surface area contributed by atoms with Crippen LogP contribution in [-0.2, 0) is 6.54 Å². The number of halogens is 1. The molecule has 4 aromatic rings. The van der Waals surface area contributed by atoms with Crippen LogP contribution in [0.4, 0.5) is 4.39 Å². The van der Waals surface area contributed by atoms with Crippen LogP contribution in [0.5, 0.6) is 5.75 Å². The second kappa shape index (κ2) is 8.23. The Hall–Kier alpha value is -3.26. The van der Waals surface area contributed by atoms with Crippen LogP contribution in [0.1, 0.15) is 19.5 Å². The van der Waals surface area contributed by atoms with Crippen molar-refractivity contribution < 1.29 is 9.13 Å². The molecule has 0 saturated carbocycles. The number of rotatable bonds is 6. The first-order valence-corrected chi connectivity index (χ1v) is 10.4. The highest BCUT2D eigenvalue weighted by molar-refractivity contribution is 7.17. The maximum atomic E-state index is 13.3. The lowest BCUT2D eigenvalue weighted by Crippen LogP contribution is -2.22. The van der Waals surface area contributed by atoms with Gasteiger partial charge in [-0.3, -0.25) is 14.2 Å². The molecule has 6 nitrogen and oxygen atoms in total. The van der Waals surface area contributed by atoms with E-state index < -0.39 is 0 Å². The second-order valence-corrected chi connectivity index (χ2v) is 8.26. The van der Waals surface area contributed by atoms with Crippen molar-refractivity contribution in [2.45, 2.75) is 20.4 Å². The Morgan fingerprint density at radius 3 is 2.70 bits per heavy atom. The van der Waals surface area contributed by atoms with Crippen LogP contribution in [-0.4, -0.2) is 21.1 Å². The predicted molar refractivity (Wildman–Crippen MR) is 116 cm³/mol. The summed E-state index contributed by atoms with van der Waals surface area (Å²) in [5.74, 6) is 0.227. The van der Waals surface area contributed by atoms with Crippen LogP contribution in [0.15, 0.2) is 57.8 Å². The quantitative estimate of drug-likeness (QED) is 0.506. The number of nitrogens with zero attached hydrogens (tertiary/aromatic N) is 2. The molecule has 0 unspecified atom stereocenters. The summed E-state index contributed by atoms with van der Waals surface area (Å²) in [6, 6.07) is 7.44. The third kappa shape index (κ3) is 4.04. The molecule has 0 aliphatic rings. The molecule has 0 aliphatic carbocycles. The third-order valence-electron chi connectivity index (χ3n) is 4.57. The van der Waals surface area contributed by atoms with Crippen LogP contribution in [0.2, 0.25) is 0 Å². The Bertz CT molecular complexity index is 1310. The van der Waals surface area contributed by atoms with Gasteiger partial charge in [0.1, 0.15) is 10.6 Å². The molecular formula is C22H20FN3O3S. The zero-order valence-electron chi connectivity index (χ0n) is 16.5. The molecule has 3 heterocycles. The smallest absolute Gasteiger partial charge is 0.263 e. The Labute approximate surface area is 175 Å². The fourth-order valence-corrected chi connectivity index (χ4v) is 3.97. The highest BCUT2D eigenvalue weighted by Crippen LogP contribution is 2.30. The molecule has 0 bridgehead atoms. The van der Waals surface area contributed by atoms with E-state index in [9.17, 15) is 14.0 Å². The SMILES string of the molecule is CC(C)COc1c[nH]c(Cn2cnc3scc(-c4ccc(F)cc4)c3c2=O)cc1=O. The van der Waals surface area contributed by atoms with Crippen molar-refractivity contribution in [3.05, 3.63) is 80.3 Å². The van der Waals surface area contributed by atoms with Gasteiger partial charge >= 0.3 is 0 Å². The number of aromatic nitrogens is 3. The maximum absolute atomic E-state index is 13.3. The summed E-state index contributed by atoms with van der Waals surface area (Å²) < 4.78 is 20.2. The lowest BCUT2D eigenvalue weighted by Gasteiger charge is -2.10. The lowest BCUT2D eigenvalue weighted by atomic mass is 10.1. The summed E-state index contributed by atoms with van der Waals surface area (Å²) >= 11 is 1.36. The lowest BCUT2D eigenvalue weighted by molar-refractivity contribution is 0.267. The maximum Gasteiger partial charge on any atom is 0.263 e. The van der Waals surface area contributed by atoms with Gasteiger partial charge in [0.2, 0.25) is 5.43 Å². The number of fused-ring (bicyclic) bond motifs is 1. The molecular weight excluding hydrogens is 405 g/mol. The monoisotopic (exact) mass is 425 g/mol. The van der Waals surface area contributed by atoms with Gasteiger partial charge in [0.05, 0.1) is 24.9 Å². The molecule has 0 fully saturated rings. The molecule has 0 aliphatic heterocycles. The number of aromatic amines is 1. The van der Waals surface area contributed by atoms with Gasteiger partial charge in [0, 0.05) is 28.9 Å². The van der Waals surface area contributed by atoms with Crippen molar-refractivity contribution in [3.8, 4) is 16.9 Å². The van der Waals surface area contributed by atoms with Gasteiger partial charge in [-0.15, -0.1) is 11.3 Å². The number of pyridine rings is 1. The van der Waals surface area contributed by atoms with Gasteiger partial charge in [0.25, 0.3) is 5.56 Å². The van der Waals surface area contributed by atoms with Crippen LogP contribution in [0, 0.1) is 11.7 Å². The Kier molecular flexibility index (Phi) is 5.50. The van der Waals surface area contributed by atoms with Crippen LogP contribution >= 0.6 is 11.3 Å². The molecule has 154 valence electrons. The molecule has 3 aromatic heterocycles. The number of thiophene rings is 1. The molecule has 1 N–H and O–H groups in total. The van der Waals surface area contributed by atoms with Gasteiger partial charge in [0.15, 0.2) is 5.75 Å². The first kappa shape index (κ1) is 20.0.